The molecule has 4 aliphatic rings. The molecule has 0 radical (unpaired) electrons. The van der Waals surface area contributed by atoms with Crippen molar-refractivity contribution in [2.75, 3.05) is 59.5 Å². The van der Waals surface area contributed by atoms with E-state index in [4.69, 9.17) is 4.74 Å². The smallest absolute Gasteiger partial charge is 0.228 e. The van der Waals surface area contributed by atoms with Gasteiger partial charge in [0.05, 0.1) is 13.2 Å². The average molecular weight is 378 g/mol. The molecule has 4 rings (SSSR count). The summed E-state index contributed by atoms with van der Waals surface area (Å²) >= 11 is 0. The summed E-state index contributed by atoms with van der Waals surface area (Å²) in [6.07, 6.45) is 9.65. The highest BCUT2D eigenvalue weighted by Crippen LogP contribution is 2.45. The summed E-state index contributed by atoms with van der Waals surface area (Å²) in [5.41, 5.74) is 0.365. The van der Waals surface area contributed by atoms with Crippen LogP contribution < -0.4 is 0 Å². The fourth-order valence-corrected chi connectivity index (χ4v) is 6.14. The molecule has 1 amide bonds. The molecule has 0 aromatic rings. The number of amides is 1. The Morgan fingerprint density at radius 2 is 1.67 bits per heavy atom. The Balaban J connectivity index is 1.31. The molecule has 3 saturated heterocycles. The largest absolute Gasteiger partial charge is 0.379 e. The number of hydrogen-bond acceptors (Lipinski definition) is 4. The number of hydrogen-bond donors (Lipinski definition) is 0. The Bertz CT molecular complexity index is 518. The van der Waals surface area contributed by atoms with Crippen LogP contribution >= 0.6 is 0 Å². The molecule has 154 valence electrons. The van der Waals surface area contributed by atoms with E-state index in [9.17, 15) is 4.79 Å². The third kappa shape index (κ3) is 4.20. The highest BCUT2D eigenvalue weighted by Gasteiger charge is 2.46. The molecular formula is C22H39N3O2. The minimum atomic E-state index is -0.0753. The van der Waals surface area contributed by atoms with Gasteiger partial charge in [0.15, 0.2) is 0 Å². The van der Waals surface area contributed by atoms with E-state index in [1.54, 1.807) is 0 Å². The highest BCUT2D eigenvalue weighted by molar-refractivity contribution is 5.82. The van der Waals surface area contributed by atoms with E-state index in [2.05, 4.69) is 28.7 Å². The lowest BCUT2D eigenvalue weighted by Crippen LogP contribution is -2.49. The Hall–Kier alpha value is -0.650. The molecule has 4 fully saturated rings. The third-order valence-electron chi connectivity index (χ3n) is 8.03. The molecule has 3 aliphatic heterocycles. The van der Waals surface area contributed by atoms with Gasteiger partial charge in [-0.25, -0.2) is 0 Å². The number of carbonyl (C=O) groups excluding carboxylic acids is 1. The summed E-state index contributed by atoms with van der Waals surface area (Å²) < 4.78 is 5.50. The minimum Gasteiger partial charge on any atom is -0.379 e. The first-order chi connectivity index (χ1) is 13.0. The van der Waals surface area contributed by atoms with Crippen LogP contribution in [-0.4, -0.2) is 86.2 Å². The molecule has 1 spiro atoms. The first-order valence-corrected chi connectivity index (χ1v) is 11.3. The number of likely N-dealkylation sites (tertiary alicyclic amines) is 2. The van der Waals surface area contributed by atoms with Gasteiger partial charge >= 0.3 is 0 Å². The SMILES string of the molecule is CN1CC2(CCN(C(=O)C3(C)CCCCC3)CC2)CC1CN1CCOCC1. The minimum absolute atomic E-state index is 0.0753. The number of likely N-dealkylation sites (N-methyl/N-ethyl adjacent to an activating group) is 1. The van der Waals surface area contributed by atoms with Crippen molar-refractivity contribution in [3.05, 3.63) is 0 Å². The predicted octanol–water partition coefficient (Wildman–Crippen LogP) is 2.60. The van der Waals surface area contributed by atoms with Gasteiger partial charge in [0.25, 0.3) is 0 Å². The Morgan fingerprint density at radius 1 is 1.00 bits per heavy atom. The van der Waals surface area contributed by atoms with Gasteiger partial charge in [0.2, 0.25) is 5.91 Å². The van der Waals surface area contributed by atoms with Crippen molar-refractivity contribution in [1.82, 2.24) is 14.7 Å². The van der Waals surface area contributed by atoms with Gasteiger partial charge < -0.3 is 14.5 Å². The standard InChI is InChI=1S/C22H39N3O2/c1-21(6-4-3-5-7-21)20(26)25-10-8-22(9-11-25)16-19(23(2)18-22)17-24-12-14-27-15-13-24/h19H,3-18H2,1-2H3. The van der Waals surface area contributed by atoms with E-state index in [0.29, 0.717) is 17.4 Å². The summed E-state index contributed by atoms with van der Waals surface area (Å²) in [6, 6.07) is 0.668. The second-order valence-electron chi connectivity index (χ2n) is 10.1. The summed E-state index contributed by atoms with van der Waals surface area (Å²) in [5.74, 6) is 0.452. The van der Waals surface area contributed by atoms with E-state index in [1.165, 1.54) is 51.6 Å². The second-order valence-corrected chi connectivity index (χ2v) is 10.1. The molecule has 0 bridgehead atoms. The maximum atomic E-state index is 13.2. The number of ether oxygens (including phenoxy) is 1. The molecule has 1 atom stereocenters. The third-order valence-corrected chi connectivity index (χ3v) is 8.03. The van der Waals surface area contributed by atoms with Gasteiger partial charge in [0.1, 0.15) is 0 Å². The van der Waals surface area contributed by atoms with Crippen molar-refractivity contribution in [2.24, 2.45) is 10.8 Å². The Kier molecular flexibility index (Phi) is 5.82. The number of piperidine rings is 1. The summed E-state index contributed by atoms with van der Waals surface area (Å²) in [7, 11) is 2.31. The molecule has 0 N–H and O–H groups in total. The van der Waals surface area contributed by atoms with Gasteiger partial charge in [-0.2, -0.15) is 0 Å². The second kappa shape index (κ2) is 8.00. The highest BCUT2D eigenvalue weighted by atomic mass is 16.5. The Labute approximate surface area is 165 Å². The number of morpholine rings is 1. The topological polar surface area (TPSA) is 36.0 Å². The average Bonchev–Trinajstić information content (AvgIpc) is 2.98. The predicted molar refractivity (Wildman–Crippen MR) is 108 cm³/mol. The molecule has 1 aliphatic carbocycles. The monoisotopic (exact) mass is 377 g/mol. The summed E-state index contributed by atoms with van der Waals surface area (Å²) in [6.45, 7) is 10.5. The zero-order chi connectivity index (χ0) is 18.9. The summed E-state index contributed by atoms with van der Waals surface area (Å²) in [4.78, 5) is 20.5. The van der Waals surface area contributed by atoms with Crippen LogP contribution in [0.15, 0.2) is 0 Å². The number of rotatable bonds is 3. The molecule has 0 aromatic carbocycles. The van der Waals surface area contributed by atoms with Crippen molar-refractivity contribution >= 4 is 5.91 Å². The molecule has 0 aromatic heterocycles. The molecule has 27 heavy (non-hydrogen) atoms. The van der Waals surface area contributed by atoms with Gasteiger partial charge in [-0.3, -0.25) is 9.69 Å². The van der Waals surface area contributed by atoms with E-state index < -0.39 is 0 Å². The van der Waals surface area contributed by atoms with Crippen molar-refractivity contribution < 1.29 is 9.53 Å². The van der Waals surface area contributed by atoms with Gasteiger partial charge in [-0.15, -0.1) is 0 Å². The van der Waals surface area contributed by atoms with E-state index in [-0.39, 0.29) is 5.41 Å². The van der Waals surface area contributed by atoms with E-state index in [1.807, 2.05) is 0 Å². The fourth-order valence-electron chi connectivity index (χ4n) is 6.14. The quantitative estimate of drug-likeness (QED) is 0.757. The molecule has 5 heteroatoms. The van der Waals surface area contributed by atoms with Gasteiger partial charge in [-0.05, 0) is 44.6 Å². The van der Waals surface area contributed by atoms with Crippen molar-refractivity contribution in [2.45, 2.75) is 64.3 Å². The zero-order valence-electron chi connectivity index (χ0n) is 17.5. The van der Waals surface area contributed by atoms with Gasteiger partial charge in [-0.1, -0.05) is 26.2 Å². The van der Waals surface area contributed by atoms with E-state index in [0.717, 1.165) is 52.2 Å². The maximum Gasteiger partial charge on any atom is 0.228 e. The van der Waals surface area contributed by atoms with Crippen LogP contribution in [-0.2, 0) is 9.53 Å². The molecule has 1 saturated carbocycles. The first kappa shape index (κ1) is 19.7. The lowest BCUT2D eigenvalue weighted by Gasteiger charge is -2.43. The van der Waals surface area contributed by atoms with Crippen molar-refractivity contribution in [1.29, 1.82) is 0 Å². The van der Waals surface area contributed by atoms with Crippen LogP contribution in [0.25, 0.3) is 0 Å². The Morgan fingerprint density at radius 3 is 2.33 bits per heavy atom. The van der Waals surface area contributed by atoms with Crippen LogP contribution in [0.5, 0.6) is 0 Å². The lowest BCUT2D eigenvalue weighted by atomic mass is 9.72. The molecule has 5 nitrogen and oxygen atoms in total. The lowest BCUT2D eigenvalue weighted by molar-refractivity contribution is -0.145. The fraction of sp³-hybridized carbons (Fsp3) is 0.955. The van der Waals surface area contributed by atoms with Crippen LogP contribution in [0.2, 0.25) is 0 Å². The molecule has 1 unspecified atom stereocenters. The van der Waals surface area contributed by atoms with Crippen molar-refractivity contribution in [3.63, 3.8) is 0 Å². The van der Waals surface area contributed by atoms with Crippen LogP contribution in [0.1, 0.15) is 58.3 Å². The van der Waals surface area contributed by atoms with Crippen molar-refractivity contribution in [3.8, 4) is 0 Å². The number of nitrogens with zero attached hydrogens (tertiary/aromatic N) is 3. The molecule has 3 heterocycles. The van der Waals surface area contributed by atoms with Crippen LogP contribution in [0.4, 0.5) is 0 Å². The van der Waals surface area contributed by atoms with Crippen LogP contribution in [0.3, 0.4) is 0 Å². The maximum absolute atomic E-state index is 13.2. The van der Waals surface area contributed by atoms with Gasteiger partial charge in [0, 0.05) is 50.7 Å². The summed E-state index contributed by atoms with van der Waals surface area (Å²) in [5, 5.41) is 0. The normalized spacial score (nSPS) is 32.1. The van der Waals surface area contributed by atoms with Crippen LogP contribution in [0, 0.1) is 10.8 Å². The number of carbonyl (C=O) groups is 1. The zero-order valence-corrected chi connectivity index (χ0v) is 17.5. The molecular weight excluding hydrogens is 338 g/mol. The van der Waals surface area contributed by atoms with E-state index >= 15 is 0 Å². The first-order valence-electron chi connectivity index (χ1n) is 11.3.